The van der Waals surface area contributed by atoms with Gasteiger partial charge in [-0.05, 0) is 33.8 Å². The average molecular weight is 519 g/mol. The molecular weight excluding hydrogens is 497 g/mol. The number of piperazine rings is 1. The third-order valence-corrected chi connectivity index (χ3v) is 6.06. The first-order valence-corrected chi connectivity index (χ1v) is 11.6. The molecule has 13 heteroatoms. The first-order chi connectivity index (χ1) is 15.8. The molecule has 0 unspecified atom stereocenters. The molecule has 34 heavy (non-hydrogen) atoms. The van der Waals surface area contributed by atoms with Gasteiger partial charge in [0.1, 0.15) is 10.6 Å². The van der Waals surface area contributed by atoms with E-state index in [1.165, 1.54) is 17.4 Å². The zero-order valence-electron chi connectivity index (χ0n) is 18.8. The van der Waals surface area contributed by atoms with Gasteiger partial charge >= 0.3 is 12.5 Å². The Balaban J connectivity index is 1.69. The molecule has 1 aromatic carbocycles. The highest BCUT2D eigenvalue weighted by Gasteiger charge is 2.36. The van der Waals surface area contributed by atoms with Crippen molar-refractivity contribution >= 4 is 46.1 Å². The first-order valence-electron chi connectivity index (χ1n) is 10.4. The first kappa shape index (κ1) is 24.4. The Labute approximate surface area is 202 Å². The van der Waals surface area contributed by atoms with Crippen LogP contribution in [0.3, 0.4) is 0 Å². The average Bonchev–Trinajstić information content (AvgIpc) is 3.38. The van der Waals surface area contributed by atoms with Crippen LogP contribution in [0, 0.1) is 0 Å². The largest absolute Gasteiger partial charge is 0.573 e. The van der Waals surface area contributed by atoms with Crippen LogP contribution in [0.5, 0.6) is 5.75 Å². The third-order valence-electron chi connectivity index (χ3n) is 4.97. The van der Waals surface area contributed by atoms with Gasteiger partial charge in [0.2, 0.25) is 0 Å². The van der Waals surface area contributed by atoms with E-state index in [1.807, 2.05) is 6.92 Å². The number of rotatable bonds is 3. The molecule has 2 aromatic heterocycles. The van der Waals surface area contributed by atoms with E-state index in [1.54, 1.807) is 42.1 Å². The number of oxazole rings is 1. The molecule has 8 nitrogen and oxygen atoms in total. The molecule has 3 aromatic rings. The van der Waals surface area contributed by atoms with Crippen molar-refractivity contribution in [2.24, 2.45) is 0 Å². The molecule has 0 spiro atoms. The Hall–Kier alpha value is -2.73. The predicted molar refractivity (Wildman–Crippen MR) is 121 cm³/mol. The van der Waals surface area contributed by atoms with Gasteiger partial charge in [0, 0.05) is 37.3 Å². The van der Waals surface area contributed by atoms with E-state index in [0.717, 1.165) is 0 Å². The van der Waals surface area contributed by atoms with E-state index in [0.29, 0.717) is 30.2 Å². The quantitative estimate of drug-likeness (QED) is 0.424. The molecule has 3 heterocycles. The summed E-state index contributed by atoms with van der Waals surface area (Å²) in [7, 11) is 0. The van der Waals surface area contributed by atoms with E-state index < -0.39 is 23.8 Å². The van der Waals surface area contributed by atoms with Crippen LogP contribution >= 0.6 is 22.9 Å². The molecule has 1 aliphatic rings. The number of nitrogens with zero attached hydrogens (tertiary/aromatic N) is 4. The molecule has 4 rings (SSSR count). The lowest BCUT2D eigenvalue weighted by molar-refractivity contribution is -0.274. The second-order valence-corrected chi connectivity index (χ2v) is 10.1. The van der Waals surface area contributed by atoms with Crippen molar-refractivity contribution in [2.45, 2.75) is 45.7 Å². The Morgan fingerprint density at radius 3 is 2.62 bits per heavy atom. The second-order valence-electron chi connectivity index (χ2n) is 8.76. The van der Waals surface area contributed by atoms with Gasteiger partial charge in [0.05, 0.1) is 10.6 Å². The summed E-state index contributed by atoms with van der Waals surface area (Å²) in [4.78, 5) is 24.3. The van der Waals surface area contributed by atoms with Crippen LogP contribution in [0.25, 0.3) is 21.7 Å². The van der Waals surface area contributed by atoms with Gasteiger partial charge in [0.25, 0.3) is 6.01 Å². The van der Waals surface area contributed by atoms with Crippen molar-refractivity contribution < 1.29 is 31.9 Å². The molecule has 0 bridgehead atoms. The molecule has 0 aliphatic carbocycles. The van der Waals surface area contributed by atoms with Crippen molar-refractivity contribution in [2.75, 3.05) is 24.5 Å². The van der Waals surface area contributed by atoms with Crippen molar-refractivity contribution in [3.63, 3.8) is 0 Å². The zero-order valence-corrected chi connectivity index (χ0v) is 20.3. The number of fused-ring (bicyclic) bond motifs is 1. The molecule has 1 fully saturated rings. The maximum Gasteiger partial charge on any atom is 0.573 e. The Morgan fingerprint density at radius 2 is 2.03 bits per heavy atom. The van der Waals surface area contributed by atoms with Crippen molar-refractivity contribution in [1.29, 1.82) is 0 Å². The van der Waals surface area contributed by atoms with Crippen LogP contribution in [0.15, 0.2) is 22.1 Å². The summed E-state index contributed by atoms with van der Waals surface area (Å²) >= 11 is 7.44. The van der Waals surface area contributed by atoms with Crippen LogP contribution in [-0.2, 0) is 4.74 Å². The number of thiazole rings is 1. The summed E-state index contributed by atoms with van der Waals surface area (Å²) in [5.41, 5.74) is -0.302. The van der Waals surface area contributed by atoms with E-state index in [2.05, 4.69) is 14.7 Å². The van der Waals surface area contributed by atoms with Crippen LogP contribution in [0.2, 0.25) is 5.02 Å². The maximum absolute atomic E-state index is 13.1. The number of hydrogen-bond acceptors (Lipinski definition) is 8. The van der Waals surface area contributed by atoms with E-state index in [9.17, 15) is 18.0 Å². The zero-order chi connectivity index (χ0) is 24.8. The number of benzene rings is 1. The molecule has 1 aliphatic heterocycles. The number of aromatic nitrogens is 2. The lowest BCUT2D eigenvalue weighted by Gasteiger charge is -2.39. The molecule has 184 valence electrons. The SMILES string of the molecule is C[C@@H]1CN(C(=O)OC(C)(C)C)CCN1c1nc2c(OC(F)(F)F)c(Cl)cc(-c3nccs3)c2o1. The number of alkyl halides is 3. The lowest BCUT2D eigenvalue weighted by Crippen LogP contribution is -2.54. The lowest BCUT2D eigenvalue weighted by atomic mass is 10.2. The Morgan fingerprint density at radius 1 is 1.29 bits per heavy atom. The summed E-state index contributed by atoms with van der Waals surface area (Å²) in [6, 6.07) is 1.17. The highest BCUT2D eigenvalue weighted by Crippen LogP contribution is 2.44. The summed E-state index contributed by atoms with van der Waals surface area (Å²) < 4.78 is 54.8. The minimum Gasteiger partial charge on any atom is -0.444 e. The fourth-order valence-electron chi connectivity index (χ4n) is 3.60. The van der Waals surface area contributed by atoms with E-state index in [4.69, 9.17) is 20.8 Å². The minimum absolute atomic E-state index is 0.0790. The van der Waals surface area contributed by atoms with E-state index >= 15 is 0 Å². The Kier molecular flexibility index (Phi) is 6.32. The summed E-state index contributed by atoms with van der Waals surface area (Å²) in [6.07, 6.45) is -3.84. The smallest absolute Gasteiger partial charge is 0.444 e. The number of hydrogen-bond donors (Lipinski definition) is 0. The summed E-state index contributed by atoms with van der Waals surface area (Å²) in [6.45, 7) is 8.19. The standard InChI is InChI=1S/C21H22ClF3N4O4S/c1-11-10-28(19(30)33-20(2,3)4)6-7-29(11)18-27-14-15(31-18)12(17-26-5-8-34-17)9-13(22)16(14)32-21(23,24)25/h5,8-9,11H,6-7,10H2,1-4H3/t11-/m1/s1. The second kappa shape index (κ2) is 8.81. The molecule has 0 N–H and O–H groups in total. The van der Waals surface area contributed by atoms with Gasteiger partial charge in [-0.3, -0.25) is 0 Å². The minimum atomic E-state index is -4.97. The molecule has 1 amide bonds. The highest BCUT2D eigenvalue weighted by atomic mass is 35.5. The summed E-state index contributed by atoms with van der Waals surface area (Å²) in [5, 5.41) is 1.97. The number of halogens is 4. The van der Waals surface area contributed by atoms with Gasteiger partial charge in [-0.25, -0.2) is 9.78 Å². The highest BCUT2D eigenvalue weighted by molar-refractivity contribution is 7.13. The van der Waals surface area contributed by atoms with Crippen molar-refractivity contribution in [1.82, 2.24) is 14.9 Å². The maximum atomic E-state index is 13.1. The number of anilines is 1. The number of ether oxygens (including phenoxy) is 2. The fourth-order valence-corrected chi connectivity index (χ4v) is 4.49. The van der Waals surface area contributed by atoms with Gasteiger partial charge in [-0.2, -0.15) is 4.98 Å². The fraction of sp³-hybridized carbons (Fsp3) is 0.476. The van der Waals surface area contributed by atoms with Crippen LogP contribution in [0.4, 0.5) is 24.0 Å². The topological polar surface area (TPSA) is 80.9 Å². The van der Waals surface area contributed by atoms with Crippen LogP contribution in [-0.4, -0.2) is 58.6 Å². The predicted octanol–water partition coefficient (Wildman–Crippen LogP) is 5.95. The van der Waals surface area contributed by atoms with Crippen LogP contribution < -0.4 is 9.64 Å². The summed E-state index contributed by atoms with van der Waals surface area (Å²) in [5.74, 6) is -0.639. The van der Waals surface area contributed by atoms with Gasteiger partial charge < -0.3 is 23.7 Å². The van der Waals surface area contributed by atoms with Gasteiger partial charge in [0.15, 0.2) is 16.8 Å². The van der Waals surface area contributed by atoms with Crippen molar-refractivity contribution in [3.8, 4) is 16.3 Å². The van der Waals surface area contributed by atoms with E-state index in [-0.39, 0.29) is 28.2 Å². The molecule has 0 radical (unpaired) electrons. The molecular formula is C21H22ClF3N4O4S. The third kappa shape index (κ3) is 5.17. The molecule has 1 saturated heterocycles. The monoisotopic (exact) mass is 518 g/mol. The molecule has 0 saturated carbocycles. The number of carbonyl (C=O) groups is 1. The normalized spacial score (nSPS) is 17.4. The van der Waals surface area contributed by atoms with Crippen molar-refractivity contribution in [3.05, 3.63) is 22.7 Å². The number of amides is 1. The van der Waals surface area contributed by atoms with Gasteiger partial charge in [-0.1, -0.05) is 11.6 Å². The number of carbonyl (C=O) groups excluding carboxylic acids is 1. The Bertz CT molecular complexity index is 1190. The van der Waals surface area contributed by atoms with Gasteiger partial charge in [-0.15, -0.1) is 24.5 Å². The molecule has 1 atom stereocenters. The van der Waals surface area contributed by atoms with Crippen LogP contribution in [0.1, 0.15) is 27.7 Å².